The SMILES string of the molecule is CCCN(CCCNC(=O)OC(C)(C)C)C(=O)C1=Cc2ccc(-c3cccc(S(=O)(=O)N4CC(CNC)C4)c3)cc2N=C(N)C1. The molecule has 0 aromatic heterocycles. The van der Waals surface area contributed by atoms with E-state index in [1.165, 1.54) is 4.31 Å². The van der Waals surface area contributed by atoms with Gasteiger partial charge in [-0.05, 0) is 82.0 Å². The predicted octanol–water partition coefficient (Wildman–Crippen LogP) is 4.12. The van der Waals surface area contributed by atoms with Gasteiger partial charge in [0, 0.05) is 56.8 Å². The van der Waals surface area contributed by atoms with Crippen LogP contribution in [-0.4, -0.2) is 87.4 Å². The van der Waals surface area contributed by atoms with Gasteiger partial charge in [-0.15, -0.1) is 0 Å². The highest BCUT2D eigenvalue weighted by Gasteiger charge is 2.36. The number of hydrogen-bond acceptors (Lipinski definition) is 8. The molecule has 0 unspecified atom stereocenters. The molecule has 2 aliphatic heterocycles. The molecule has 1 saturated heterocycles. The maximum Gasteiger partial charge on any atom is 0.407 e. The molecule has 244 valence electrons. The minimum atomic E-state index is -3.59. The Bertz CT molecular complexity index is 1560. The van der Waals surface area contributed by atoms with E-state index in [1.807, 2.05) is 65.1 Å². The van der Waals surface area contributed by atoms with Crippen LogP contribution in [0, 0.1) is 5.92 Å². The number of carbonyl (C=O) groups is 2. The molecule has 11 nitrogen and oxygen atoms in total. The van der Waals surface area contributed by atoms with Gasteiger partial charge in [0.05, 0.1) is 10.6 Å². The summed E-state index contributed by atoms with van der Waals surface area (Å²) in [6.07, 6.45) is 2.91. The quantitative estimate of drug-likeness (QED) is 0.297. The van der Waals surface area contributed by atoms with E-state index in [9.17, 15) is 18.0 Å². The van der Waals surface area contributed by atoms with Crippen molar-refractivity contribution in [1.82, 2.24) is 19.8 Å². The Hall–Kier alpha value is -3.74. The summed E-state index contributed by atoms with van der Waals surface area (Å²) in [5, 5.41) is 5.84. The monoisotopic (exact) mass is 638 g/mol. The van der Waals surface area contributed by atoms with Gasteiger partial charge in [-0.2, -0.15) is 4.31 Å². The lowest BCUT2D eigenvalue weighted by atomic mass is 10.0. The number of carbonyl (C=O) groups excluding carboxylic acids is 2. The first kappa shape index (κ1) is 34.1. The van der Waals surface area contributed by atoms with Crippen molar-refractivity contribution in [2.45, 2.75) is 57.5 Å². The van der Waals surface area contributed by atoms with Crippen LogP contribution in [0.4, 0.5) is 10.5 Å². The Kier molecular flexibility index (Phi) is 11.1. The van der Waals surface area contributed by atoms with Gasteiger partial charge in [0.2, 0.25) is 15.9 Å². The molecule has 2 heterocycles. The fraction of sp³-hybridized carbons (Fsp3) is 0.485. The van der Waals surface area contributed by atoms with Crippen molar-refractivity contribution in [2.24, 2.45) is 16.6 Å². The third-order valence-corrected chi connectivity index (χ3v) is 9.37. The van der Waals surface area contributed by atoms with Crippen LogP contribution < -0.4 is 16.4 Å². The van der Waals surface area contributed by atoms with E-state index >= 15 is 0 Å². The number of sulfonamides is 1. The van der Waals surface area contributed by atoms with Crippen LogP contribution in [0.2, 0.25) is 0 Å². The fourth-order valence-corrected chi connectivity index (χ4v) is 7.03. The van der Waals surface area contributed by atoms with Gasteiger partial charge >= 0.3 is 6.09 Å². The molecule has 0 saturated carbocycles. The zero-order chi connectivity index (χ0) is 32.8. The first-order valence-electron chi connectivity index (χ1n) is 15.5. The van der Waals surface area contributed by atoms with Gasteiger partial charge in [-0.1, -0.05) is 31.2 Å². The molecule has 2 aromatic rings. The Balaban J connectivity index is 1.48. The first-order chi connectivity index (χ1) is 21.3. The number of nitrogens with zero attached hydrogens (tertiary/aromatic N) is 3. The van der Waals surface area contributed by atoms with Crippen LogP contribution in [0.1, 0.15) is 52.5 Å². The fourth-order valence-electron chi connectivity index (χ4n) is 5.39. The lowest BCUT2D eigenvalue weighted by Crippen LogP contribution is -2.52. The summed E-state index contributed by atoms with van der Waals surface area (Å²) in [6, 6.07) is 12.6. The molecule has 2 aromatic carbocycles. The van der Waals surface area contributed by atoms with Crippen molar-refractivity contribution < 1.29 is 22.7 Å². The van der Waals surface area contributed by atoms with E-state index in [0.29, 0.717) is 62.2 Å². The summed E-state index contributed by atoms with van der Waals surface area (Å²) in [6.45, 7) is 10.7. The molecule has 0 bridgehead atoms. The Morgan fingerprint density at radius 3 is 2.53 bits per heavy atom. The number of benzene rings is 2. The van der Waals surface area contributed by atoms with Gasteiger partial charge in [0.15, 0.2) is 0 Å². The number of ether oxygens (including phenoxy) is 1. The summed E-state index contributed by atoms with van der Waals surface area (Å²) in [5.41, 5.74) is 9.18. The molecule has 0 aliphatic carbocycles. The third-order valence-electron chi connectivity index (χ3n) is 7.55. The molecule has 4 rings (SSSR count). The topological polar surface area (TPSA) is 146 Å². The second-order valence-corrected chi connectivity index (χ2v) is 14.5. The second-order valence-electron chi connectivity index (χ2n) is 12.6. The molecule has 1 fully saturated rings. The van der Waals surface area contributed by atoms with Gasteiger partial charge in [-0.3, -0.25) is 4.79 Å². The molecule has 2 amide bonds. The van der Waals surface area contributed by atoms with E-state index in [-0.39, 0.29) is 17.2 Å². The minimum Gasteiger partial charge on any atom is -0.444 e. The molecule has 0 spiro atoms. The van der Waals surface area contributed by atoms with E-state index in [0.717, 1.165) is 29.7 Å². The number of rotatable bonds is 12. The summed E-state index contributed by atoms with van der Waals surface area (Å²) in [7, 11) is -1.72. The number of amidine groups is 1. The zero-order valence-corrected chi connectivity index (χ0v) is 27.7. The summed E-state index contributed by atoms with van der Waals surface area (Å²) in [5.74, 6) is 0.518. The number of amides is 2. The molecule has 45 heavy (non-hydrogen) atoms. The van der Waals surface area contributed by atoms with Crippen LogP contribution in [0.25, 0.3) is 17.2 Å². The largest absolute Gasteiger partial charge is 0.444 e. The maximum absolute atomic E-state index is 13.6. The number of hydrogen-bond donors (Lipinski definition) is 3. The first-order valence-corrected chi connectivity index (χ1v) is 16.9. The van der Waals surface area contributed by atoms with Crippen molar-refractivity contribution in [2.75, 3.05) is 46.3 Å². The van der Waals surface area contributed by atoms with Crippen LogP contribution in [0.3, 0.4) is 0 Å². The van der Waals surface area contributed by atoms with E-state index in [4.69, 9.17) is 10.5 Å². The Labute approximate surface area is 267 Å². The van der Waals surface area contributed by atoms with Crippen LogP contribution >= 0.6 is 0 Å². The van der Waals surface area contributed by atoms with Gasteiger partial charge < -0.3 is 26.0 Å². The number of fused-ring (bicyclic) bond motifs is 1. The highest BCUT2D eigenvalue weighted by molar-refractivity contribution is 7.89. The molecule has 2 aliphatic rings. The highest BCUT2D eigenvalue weighted by Crippen LogP contribution is 2.34. The van der Waals surface area contributed by atoms with Crippen molar-refractivity contribution in [3.63, 3.8) is 0 Å². The molecule has 0 atom stereocenters. The van der Waals surface area contributed by atoms with E-state index in [1.54, 1.807) is 23.1 Å². The third kappa shape index (κ3) is 8.93. The standard InChI is InChI=1S/C33H46N6O5S/c1-6-14-38(15-8-13-36-32(41)44-33(2,3)4)31(40)27-16-26-12-11-25(18-29(26)37-30(34)19-27)24-9-7-10-28(17-24)45(42,43)39-21-23(22-39)20-35-5/h7,9-12,16-18,23,35H,6,8,13-15,19-22H2,1-5H3,(H2,34,37)(H,36,41). The van der Waals surface area contributed by atoms with Crippen LogP contribution in [0.5, 0.6) is 0 Å². The van der Waals surface area contributed by atoms with Crippen molar-refractivity contribution in [3.05, 3.63) is 53.6 Å². The Morgan fingerprint density at radius 1 is 1.11 bits per heavy atom. The van der Waals surface area contributed by atoms with Crippen molar-refractivity contribution in [1.29, 1.82) is 0 Å². The van der Waals surface area contributed by atoms with Crippen LogP contribution in [-0.2, 0) is 19.6 Å². The van der Waals surface area contributed by atoms with Crippen molar-refractivity contribution in [3.8, 4) is 11.1 Å². The number of alkyl carbamates (subject to hydrolysis) is 1. The zero-order valence-electron chi connectivity index (χ0n) is 26.9. The average molecular weight is 639 g/mol. The normalized spacial score (nSPS) is 15.7. The van der Waals surface area contributed by atoms with Crippen LogP contribution in [0.15, 0.2) is 57.9 Å². The van der Waals surface area contributed by atoms with E-state index < -0.39 is 21.7 Å². The van der Waals surface area contributed by atoms with Gasteiger partial charge in [0.1, 0.15) is 11.4 Å². The molecule has 0 radical (unpaired) electrons. The summed E-state index contributed by atoms with van der Waals surface area (Å²) >= 11 is 0. The van der Waals surface area contributed by atoms with E-state index in [2.05, 4.69) is 15.6 Å². The van der Waals surface area contributed by atoms with Gasteiger partial charge in [0.25, 0.3) is 0 Å². The molecular weight excluding hydrogens is 592 g/mol. The highest BCUT2D eigenvalue weighted by atomic mass is 32.2. The second kappa shape index (κ2) is 14.6. The molecular formula is C33H46N6O5S. The van der Waals surface area contributed by atoms with Gasteiger partial charge in [-0.25, -0.2) is 18.2 Å². The average Bonchev–Trinajstić information content (AvgIpc) is 3.12. The lowest BCUT2D eigenvalue weighted by molar-refractivity contribution is -0.127. The molecule has 12 heteroatoms. The minimum absolute atomic E-state index is 0.120. The number of nitrogens with one attached hydrogen (secondary N) is 2. The van der Waals surface area contributed by atoms with Crippen molar-refractivity contribution >= 4 is 39.6 Å². The maximum atomic E-state index is 13.6. The summed E-state index contributed by atoms with van der Waals surface area (Å²) < 4.78 is 33.3. The predicted molar refractivity (Wildman–Crippen MR) is 178 cm³/mol. The molecule has 4 N–H and O–H groups in total. The Morgan fingerprint density at radius 2 is 1.84 bits per heavy atom. The smallest absolute Gasteiger partial charge is 0.407 e. The number of aliphatic imine (C=N–C) groups is 1. The lowest BCUT2D eigenvalue weighted by Gasteiger charge is -2.38. The summed E-state index contributed by atoms with van der Waals surface area (Å²) in [4.78, 5) is 32.3. The number of nitrogens with two attached hydrogens (primary N) is 1.